The number of ether oxygens (including phenoxy) is 2. The van der Waals surface area contributed by atoms with Crippen LogP contribution in [0, 0.1) is 5.92 Å². The molecule has 0 amide bonds. The van der Waals surface area contributed by atoms with E-state index in [-0.39, 0.29) is 30.3 Å². The van der Waals surface area contributed by atoms with Gasteiger partial charge in [0, 0.05) is 13.2 Å². The Balaban J connectivity index is 2.63. The topological polar surface area (TPSA) is 110 Å². The summed E-state index contributed by atoms with van der Waals surface area (Å²) in [4.78, 5) is 11.6. The molecule has 0 atom stereocenters. The van der Waals surface area contributed by atoms with Gasteiger partial charge in [-0.1, -0.05) is 13.8 Å². The maximum Gasteiger partial charge on any atom is 0.342 e. The lowest BCUT2D eigenvalue weighted by Crippen LogP contribution is -2.29. The standard InChI is InChI=1S/C12H21N3O5S/c1-4-20-12(16)10-7-13-15-11(10)21(17,18)14-5-6-19-8-9(2)3/h7,9,14H,4-6,8H2,1-3H3,(H,13,15). The van der Waals surface area contributed by atoms with Crippen molar-refractivity contribution in [3.8, 4) is 0 Å². The summed E-state index contributed by atoms with van der Waals surface area (Å²) in [5.41, 5.74) is -0.118. The van der Waals surface area contributed by atoms with Crippen molar-refractivity contribution in [2.45, 2.75) is 25.8 Å². The highest BCUT2D eigenvalue weighted by Gasteiger charge is 2.25. The summed E-state index contributed by atoms with van der Waals surface area (Å²) < 4.78 is 36.5. The molecule has 2 N–H and O–H groups in total. The highest BCUT2D eigenvalue weighted by atomic mass is 32.2. The molecular weight excluding hydrogens is 298 g/mol. The zero-order valence-corrected chi connectivity index (χ0v) is 13.2. The molecule has 0 unspecified atom stereocenters. The maximum absolute atomic E-state index is 12.1. The summed E-state index contributed by atoms with van der Waals surface area (Å²) in [6, 6.07) is 0. The smallest absolute Gasteiger partial charge is 0.342 e. The van der Waals surface area contributed by atoms with Crippen LogP contribution < -0.4 is 4.72 Å². The van der Waals surface area contributed by atoms with Crippen LogP contribution in [-0.2, 0) is 19.5 Å². The minimum absolute atomic E-state index is 0.107. The molecule has 8 nitrogen and oxygen atoms in total. The van der Waals surface area contributed by atoms with Gasteiger partial charge in [0.25, 0.3) is 10.0 Å². The van der Waals surface area contributed by atoms with Crippen LogP contribution in [0.5, 0.6) is 0 Å². The van der Waals surface area contributed by atoms with Gasteiger partial charge in [0.15, 0.2) is 5.03 Å². The molecule has 0 aliphatic rings. The molecule has 9 heteroatoms. The number of nitrogens with one attached hydrogen (secondary N) is 2. The van der Waals surface area contributed by atoms with E-state index < -0.39 is 16.0 Å². The van der Waals surface area contributed by atoms with Crippen LogP contribution in [0.15, 0.2) is 11.2 Å². The third kappa shape index (κ3) is 5.44. The van der Waals surface area contributed by atoms with Crippen molar-refractivity contribution >= 4 is 16.0 Å². The summed E-state index contributed by atoms with van der Waals surface area (Å²) >= 11 is 0. The van der Waals surface area contributed by atoms with E-state index >= 15 is 0 Å². The molecule has 1 aromatic rings. The summed E-state index contributed by atoms with van der Waals surface area (Å²) in [5, 5.41) is 5.58. The Hall–Kier alpha value is -1.45. The number of nitrogens with zero attached hydrogens (tertiary/aromatic N) is 1. The molecule has 0 saturated carbocycles. The van der Waals surface area contributed by atoms with Crippen molar-refractivity contribution in [2.75, 3.05) is 26.4 Å². The van der Waals surface area contributed by atoms with Gasteiger partial charge in [-0.2, -0.15) is 5.10 Å². The van der Waals surface area contributed by atoms with Crippen LogP contribution in [0.3, 0.4) is 0 Å². The average molecular weight is 319 g/mol. The third-order valence-electron chi connectivity index (χ3n) is 2.36. The number of H-pyrrole nitrogens is 1. The number of aromatic amines is 1. The molecule has 21 heavy (non-hydrogen) atoms. The molecule has 120 valence electrons. The second kappa shape index (κ2) is 8.11. The number of carbonyl (C=O) groups is 1. The van der Waals surface area contributed by atoms with Crippen LogP contribution in [0.2, 0.25) is 0 Å². The highest BCUT2D eigenvalue weighted by molar-refractivity contribution is 7.89. The highest BCUT2D eigenvalue weighted by Crippen LogP contribution is 2.12. The van der Waals surface area contributed by atoms with Crippen molar-refractivity contribution in [1.82, 2.24) is 14.9 Å². The van der Waals surface area contributed by atoms with Crippen LogP contribution in [0.4, 0.5) is 0 Å². The summed E-state index contributed by atoms with van der Waals surface area (Å²) in [6.07, 6.45) is 1.13. The second-order valence-electron chi connectivity index (χ2n) is 4.70. The van der Waals surface area contributed by atoms with E-state index in [2.05, 4.69) is 14.9 Å². The lowest BCUT2D eigenvalue weighted by molar-refractivity contribution is 0.0522. The minimum Gasteiger partial charge on any atom is -0.462 e. The Morgan fingerprint density at radius 3 is 2.81 bits per heavy atom. The van der Waals surface area contributed by atoms with Gasteiger partial charge < -0.3 is 9.47 Å². The van der Waals surface area contributed by atoms with Crippen molar-refractivity contribution in [2.24, 2.45) is 5.92 Å². The first-order valence-electron chi connectivity index (χ1n) is 6.66. The average Bonchev–Trinajstić information content (AvgIpc) is 2.88. The summed E-state index contributed by atoms with van der Waals surface area (Å²) in [6.45, 7) is 6.70. The SMILES string of the molecule is CCOC(=O)c1cn[nH]c1S(=O)(=O)NCCOCC(C)C. The Kier molecular flexibility index (Phi) is 6.79. The lowest BCUT2D eigenvalue weighted by Gasteiger charge is -2.08. The van der Waals surface area contributed by atoms with Crippen LogP contribution >= 0.6 is 0 Å². The zero-order valence-electron chi connectivity index (χ0n) is 12.4. The van der Waals surface area contributed by atoms with E-state index in [0.717, 1.165) is 6.20 Å². The number of hydrogen-bond acceptors (Lipinski definition) is 6. The number of aromatic nitrogens is 2. The quantitative estimate of drug-likeness (QED) is 0.507. The van der Waals surface area contributed by atoms with Gasteiger partial charge >= 0.3 is 5.97 Å². The molecule has 0 aliphatic carbocycles. The molecule has 1 rings (SSSR count). The van der Waals surface area contributed by atoms with E-state index in [0.29, 0.717) is 12.5 Å². The molecular formula is C12H21N3O5S. The predicted molar refractivity (Wildman–Crippen MR) is 75.4 cm³/mol. The van der Waals surface area contributed by atoms with Gasteiger partial charge in [-0.3, -0.25) is 5.10 Å². The van der Waals surface area contributed by atoms with Gasteiger partial charge in [-0.25, -0.2) is 17.9 Å². The van der Waals surface area contributed by atoms with Gasteiger partial charge in [0.2, 0.25) is 0 Å². The Morgan fingerprint density at radius 1 is 1.48 bits per heavy atom. The monoisotopic (exact) mass is 319 g/mol. The Labute approximate surface area is 124 Å². The molecule has 0 aliphatic heterocycles. The summed E-state index contributed by atoms with van der Waals surface area (Å²) in [7, 11) is -3.86. The van der Waals surface area contributed by atoms with E-state index in [1.54, 1.807) is 6.92 Å². The molecule has 0 spiro atoms. The first-order chi connectivity index (χ1) is 9.88. The fourth-order valence-electron chi connectivity index (χ4n) is 1.47. The lowest BCUT2D eigenvalue weighted by atomic mass is 10.2. The second-order valence-corrected chi connectivity index (χ2v) is 6.40. The summed E-state index contributed by atoms with van der Waals surface area (Å²) in [5.74, 6) is -0.354. The number of esters is 1. The van der Waals surface area contributed by atoms with E-state index in [1.165, 1.54) is 0 Å². The molecule has 0 saturated heterocycles. The van der Waals surface area contributed by atoms with Gasteiger partial charge in [0.05, 0.1) is 19.4 Å². The fourth-order valence-corrected chi connectivity index (χ4v) is 2.57. The predicted octanol–water partition coefficient (Wildman–Crippen LogP) is 0.537. The van der Waals surface area contributed by atoms with Gasteiger partial charge in [-0.05, 0) is 12.8 Å². The van der Waals surface area contributed by atoms with Crippen LogP contribution in [-0.4, -0.2) is 50.9 Å². The Morgan fingerprint density at radius 2 is 2.19 bits per heavy atom. The van der Waals surface area contributed by atoms with Crippen molar-refractivity contribution < 1.29 is 22.7 Å². The molecule has 0 fully saturated rings. The maximum atomic E-state index is 12.1. The number of rotatable bonds is 9. The molecule has 0 aromatic carbocycles. The molecule has 1 aromatic heterocycles. The van der Waals surface area contributed by atoms with Gasteiger partial charge in [-0.15, -0.1) is 0 Å². The van der Waals surface area contributed by atoms with Crippen LogP contribution in [0.25, 0.3) is 0 Å². The van der Waals surface area contributed by atoms with Gasteiger partial charge in [0.1, 0.15) is 5.56 Å². The van der Waals surface area contributed by atoms with E-state index in [4.69, 9.17) is 9.47 Å². The Bertz CT molecular complexity index is 553. The number of sulfonamides is 1. The molecule has 0 bridgehead atoms. The zero-order chi connectivity index (χ0) is 15.9. The van der Waals surface area contributed by atoms with Crippen molar-refractivity contribution in [1.29, 1.82) is 0 Å². The molecule has 1 heterocycles. The van der Waals surface area contributed by atoms with E-state index in [9.17, 15) is 13.2 Å². The van der Waals surface area contributed by atoms with E-state index in [1.807, 2.05) is 13.8 Å². The first-order valence-corrected chi connectivity index (χ1v) is 8.14. The minimum atomic E-state index is -3.86. The number of carbonyl (C=O) groups excluding carboxylic acids is 1. The van der Waals surface area contributed by atoms with Crippen molar-refractivity contribution in [3.63, 3.8) is 0 Å². The largest absolute Gasteiger partial charge is 0.462 e. The van der Waals surface area contributed by atoms with Crippen molar-refractivity contribution in [3.05, 3.63) is 11.8 Å². The van der Waals surface area contributed by atoms with Crippen LogP contribution in [0.1, 0.15) is 31.1 Å². The number of hydrogen-bond donors (Lipinski definition) is 2. The normalized spacial score (nSPS) is 11.8. The molecule has 0 radical (unpaired) electrons. The first kappa shape index (κ1) is 17.6. The fraction of sp³-hybridized carbons (Fsp3) is 0.667. The third-order valence-corrected chi connectivity index (χ3v) is 3.79.